The van der Waals surface area contributed by atoms with Crippen molar-refractivity contribution in [2.75, 3.05) is 13.2 Å². The van der Waals surface area contributed by atoms with E-state index in [0.29, 0.717) is 18.2 Å². The Morgan fingerprint density at radius 2 is 2.30 bits per heavy atom. The van der Waals surface area contributed by atoms with Gasteiger partial charge in [0, 0.05) is 19.3 Å². The Morgan fingerprint density at radius 1 is 1.35 bits per heavy atom. The molecule has 0 radical (unpaired) electrons. The second-order valence-corrected chi connectivity index (χ2v) is 5.96. The van der Waals surface area contributed by atoms with E-state index >= 15 is 0 Å². The molecule has 1 saturated heterocycles. The van der Waals surface area contributed by atoms with Gasteiger partial charge in [-0.05, 0) is 49.3 Å². The molecule has 3 rings (SSSR count). The van der Waals surface area contributed by atoms with Gasteiger partial charge in [-0.25, -0.2) is 0 Å². The molecule has 1 fully saturated rings. The first-order valence-corrected chi connectivity index (χ1v) is 8.29. The zero-order valence-corrected chi connectivity index (χ0v) is 13.8. The van der Waals surface area contributed by atoms with Crippen LogP contribution in [0.2, 0.25) is 0 Å². The van der Waals surface area contributed by atoms with Crippen molar-refractivity contribution in [3.05, 3.63) is 54.2 Å². The highest BCUT2D eigenvalue weighted by atomic mass is 32.1. The van der Waals surface area contributed by atoms with Gasteiger partial charge in [-0.3, -0.25) is 4.98 Å². The van der Waals surface area contributed by atoms with E-state index in [1.165, 1.54) is 0 Å². The van der Waals surface area contributed by atoms with Gasteiger partial charge in [-0.2, -0.15) is 0 Å². The van der Waals surface area contributed by atoms with Crippen LogP contribution in [0.15, 0.2) is 47.2 Å². The summed E-state index contributed by atoms with van der Waals surface area (Å²) in [5, 5.41) is 3.96. The molecular weight excluding hydrogens is 310 g/mol. The average Bonchev–Trinajstić information content (AvgIpc) is 3.26. The number of pyridine rings is 1. The standard InChI is InChI=1S/C17H21N3O2S/c23-17(19-11-15-6-3-9-21-15)20(13-16-7-4-10-22-16)12-14-5-1-2-8-18-14/h1-3,5-6,8-9,16H,4,7,10-13H2,(H,19,23)/t16-/m0/s1. The van der Waals surface area contributed by atoms with Crippen LogP contribution in [0.4, 0.5) is 0 Å². The van der Waals surface area contributed by atoms with Crippen LogP contribution in [0, 0.1) is 0 Å². The minimum Gasteiger partial charge on any atom is -0.467 e. The van der Waals surface area contributed by atoms with Crippen LogP contribution in [-0.2, 0) is 17.8 Å². The zero-order valence-electron chi connectivity index (χ0n) is 13.0. The van der Waals surface area contributed by atoms with Gasteiger partial charge in [-0.1, -0.05) is 6.07 Å². The minimum absolute atomic E-state index is 0.238. The lowest BCUT2D eigenvalue weighted by Crippen LogP contribution is -2.43. The van der Waals surface area contributed by atoms with Crippen LogP contribution in [0.3, 0.4) is 0 Å². The third-order valence-corrected chi connectivity index (χ3v) is 4.21. The van der Waals surface area contributed by atoms with E-state index in [-0.39, 0.29) is 6.10 Å². The summed E-state index contributed by atoms with van der Waals surface area (Å²) in [6.45, 7) is 2.87. The zero-order chi connectivity index (χ0) is 15.9. The molecular formula is C17H21N3O2S. The van der Waals surface area contributed by atoms with Gasteiger partial charge < -0.3 is 19.4 Å². The summed E-state index contributed by atoms with van der Waals surface area (Å²) in [4.78, 5) is 6.52. The molecule has 0 aliphatic carbocycles. The molecule has 23 heavy (non-hydrogen) atoms. The summed E-state index contributed by atoms with van der Waals surface area (Å²) in [5.74, 6) is 0.863. The SMILES string of the molecule is S=C(NCc1ccco1)N(Cc1ccccn1)C[C@@H]1CCCO1. The predicted octanol–water partition coefficient (Wildman–Crippen LogP) is 2.73. The molecule has 0 bridgehead atoms. The van der Waals surface area contributed by atoms with Gasteiger partial charge in [0.05, 0.1) is 31.2 Å². The van der Waals surface area contributed by atoms with Crippen LogP contribution in [0.5, 0.6) is 0 Å². The molecule has 5 nitrogen and oxygen atoms in total. The van der Waals surface area contributed by atoms with Crippen molar-refractivity contribution in [1.82, 2.24) is 15.2 Å². The van der Waals surface area contributed by atoms with E-state index in [4.69, 9.17) is 21.4 Å². The van der Waals surface area contributed by atoms with E-state index in [0.717, 1.165) is 37.4 Å². The maximum absolute atomic E-state index is 5.75. The third kappa shape index (κ3) is 4.77. The summed E-state index contributed by atoms with van der Waals surface area (Å²) in [5.41, 5.74) is 0.993. The number of hydrogen-bond acceptors (Lipinski definition) is 4. The Kier molecular flexibility index (Phi) is 5.60. The second kappa shape index (κ2) is 8.08. The van der Waals surface area contributed by atoms with Crippen molar-refractivity contribution in [2.24, 2.45) is 0 Å². The molecule has 0 aromatic carbocycles. The maximum atomic E-state index is 5.75. The maximum Gasteiger partial charge on any atom is 0.169 e. The fraction of sp³-hybridized carbons (Fsp3) is 0.412. The molecule has 122 valence electrons. The molecule has 1 atom stereocenters. The number of nitrogens with zero attached hydrogens (tertiary/aromatic N) is 2. The van der Waals surface area contributed by atoms with Gasteiger partial charge in [0.15, 0.2) is 5.11 Å². The summed E-state index contributed by atoms with van der Waals surface area (Å²) in [6, 6.07) is 9.72. The summed E-state index contributed by atoms with van der Waals surface area (Å²) in [6.07, 6.45) is 5.91. The van der Waals surface area contributed by atoms with E-state index in [9.17, 15) is 0 Å². The van der Waals surface area contributed by atoms with E-state index in [1.54, 1.807) is 12.5 Å². The highest BCUT2D eigenvalue weighted by Gasteiger charge is 2.21. The molecule has 0 saturated carbocycles. The minimum atomic E-state index is 0.238. The number of rotatable bonds is 6. The number of nitrogens with one attached hydrogen (secondary N) is 1. The van der Waals surface area contributed by atoms with Gasteiger partial charge in [-0.15, -0.1) is 0 Å². The smallest absolute Gasteiger partial charge is 0.169 e. The molecule has 1 aliphatic heterocycles. The van der Waals surface area contributed by atoms with Crippen LogP contribution in [0.25, 0.3) is 0 Å². The van der Waals surface area contributed by atoms with E-state index < -0.39 is 0 Å². The molecule has 1 aliphatic rings. The fourth-order valence-corrected chi connectivity index (χ4v) is 2.84. The Morgan fingerprint density at radius 3 is 3.00 bits per heavy atom. The number of aromatic nitrogens is 1. The van der Waals surface area contributed by atoms with Crippen molar-refractivity contribution in [1.29, 1.82) is 0 Å². The number of hydrogen-bond donors (Lipinski definition) is 1. The first kappa shape index (κ1) is 16.0. The number of furan rings is 1. The Labute approximate surface area is 141 Å². The first-order chi connectivity index (χ1) is 11.3. The van der Waals surface area contributed by atoms with Gasteiger partial charge >= 0.3 is 0 Å². The molecule has 1 N–H and O–H groups in total. The first-order valence-electron chi connectivity index (χ1n) is 7.88. The Bertz CT molecular complexity index is 598. The van der Waals surface area contributed by atoms with E-state index in [1.807, 2.05) is 30.3 Å². The van der Waals surface area contributed by atoms with Crippen molar-refractivity contribution < 1.29 is 9.15 Å². The van der Waals surface area contributed by atoms with Gasteiger partial charge in [0.2, 0.25) is 0 Å². The van der Waals surface area contributed by atoms with Crippen LogP contribution in [0.1, 0.15) is 24.3 Å². The van der Waals surface area contributed by atoms with Gasteiger partial charge in [0.25, 0.3) is 0 Å². The normalized spacial score (nSPS) is 17.1. The van der Waals surface area contributed by atoms with E-state index in [2.05, 4.69) is 15.2 Å². The highest BCUT2D eigenvalue weighted by molar-refractivity contribution is 7.80. The Balaban J connectivity index is 1.61. The topological polar surface area (TPSA) is 50.5 Å². The number of thiocarbonyl (C=S) groups is 1. The monoisotopic (exact) mass is 331 g/mol. The average molecular weight is 331 g/mol. The van der Waals surface area contributed by atoms with Crippen LogP contribution >= 0.6 is 12.2 Å². The highest BCUT2D eigenvalue weighted by Crippen LogP contribution is 2.15. The molecule has 0 spiro atoms. The molecule has 0 unspecified atom stereocenters. The number of ether oxygens (including phenoxy) is 1. The molecule has 2 aromatic rings. The van der Waals surface area contributed by atoms with Crippen LogP contribution < -0.4 is 5.32 Å². The lowest BCUT2D eigenvalue weighted by molar-refractivity contribution is 0.0895. The predicted molar refractivity (Wildman–Crippen MR) is 91.8 cm³/mol. The van der Waals surface area contributed by atoms with Crippen molar-refractivity contribution in [2.45, 2.75) is 32.0 Å². The fourth-order valence-electron chi connectivity index (χ4n) is 2.63. The largest absolute Gasteiger partial charge is 0.467 e. The lowest BCUT2D eigenvalue weighted by Gasteiger charge is -2.27. The third-order valence-electron chi connectivity index (χ3n) is 3.81. The van der Waals surface area contributed by atoms with Crippen molar-refractivity contribution in [3.8, 4) is 0 Å². The molecule has 3 heterocycles. The van der Waals surface area contributed by atoms with Crippen molar-refractivity contribution in [3.63, 3.8) is 0 Å². The molecule has 2 aromatic heterocycles. The second-order valence-electron chi connectivity index (χ2n) is 5.57. The Hall–Kier alpha value is -1.92. The quantitative estimate of drug-likeness (QED) is 0.822. The summed E-state index contributed by atoms with van der Waals surface area (Å²) < 4.78 is 11.1. The molecule has 6 heteroatoms. The van der Waals surface area contributed by atoms with Crippen LogP contribution in [-0.4, -0.2) is 34.3 Å². The van der Waals surface area contributed by atoms with Gasteiger partial charge in [0.1, 0.15) is 5.76 Å². The lowest BCUT2D eigenvalue weighted by atomic mass is 10.2. The summed E-state index contributed by atoms with van der Waals surface area (Å²) in [7, 11) is 0. The van der Waals surface area contributed by atoms with Crippen molar-refractivity contribution >= 4 is 17.3 Å². The molecule has 0 amide bonds. The summed E-state index contributed by atoms with van der Waals surface area (Å²) >= 11 is 5.57.